The van der Waals surface area contributed by atoms with Gasteiger partial charge in [-0.1, -0.05) is 18.2 Å². The number of rotatable bonds is 10. The lowest BCUT2D eigenvalue weighted by molar-refractivity contribution is -0.763. The van der Waals surface area contributed by atoms with Crippen LogP contribution in [0.25, 0.3) is 11.1 Å². The zero-order valence-electron chi connectivity index (χ0n) is 23.8. The van der Waals surface area contributed by atoms with E-state index in [1.165, 1.54) is 50.2 Å². The van der Waals surface area contributed by atoms with Crippen LogP contribution in [0.15, 0.2) is 52.2 Å². The molecule has 0 spiro atoms. The summed E-state index contributed by atoms with van der Waals surface area (Å²) in [5, 5.41) is 12.5. The van der Waals surface area contributed by atoms with Crippen LogP contribution in [0.1, 0.15) is 53.4 Å². The molecule has 1 N–H and O–H groups in total. The van der Waals surface area contributed by atoms with E-state index in [0.717, 1.165) is 5.56 Å². The Labute approximate surface area is 246 Å². The molecule has 0 saturated carbocycles. The van der Waals surface area contributed by atoms with Gasteiger partial charge < -0.3 is 24.4 Å². The molecule has 0 radical (unpaired) electrons. The second-order valence-electron chi connectivity index (χ2n) is 9.76. The molecule has 0 bridgehead atoms. The van der Waals surface area contributed by atoms with Gasteiger partial charge in [0.2, 0.25) is 5.75 Å². The van der Waals surface area contributed by atoms with Crippen molar-refractivity contribution in [2.45, 2.75) is 50.3 Å². The van der Waals surface area contributed by atoms with E-state index >= 15 is 4.39 Å². The number of halogens is 1. The van der Waals surface area contributed by atoms with Gasteiger partial charge in [0.05, 0.1) is 36.8 Å². The Hall–Kier alpha value is -4.32. The molecule has 1 aliphatic rings. The molecule has 1 amide bonds. The summed E-state index contributed by atoms with van der Waals surface area (Å²) in [6, 6.07) is 10.2. The van der Waals surface area contributed by atoms with E-state index in [1.807, 2.05) is 26.0 Å². The third-order valence-electron chi connectivity index (χ3n) is 6.82. The lowest BCUT2D eigenvalue weighted by atomic mass is 9.95. The number of amides is 1. The Morgan fingerprint density at radius 3 is 2.55 bits per heavy atom. The van der Waals surface area contributed by atoms with E-state index in [0.29, 0.717) is 51.7 Å². The van der Waals surface area contributed by atoms with Crippen molar-refractivity contribution in [3.63, 3.8) is 0 Å². The predicted molar refractivity (Wildman–Crippen MR) is 156 cm³/mol. The van der Waals surface area contributed by atoms with Gasteiger partial charge in [0.1, 0.15) is 12.4 Å². The van der Waals surface area contributed by atoms with Gasteiger partial charge in [-0.25, -0.2) is 4.39 Å². The fourth-order valence-corrected chi connectivity index (χ4v) is 5.50. The van der Waals surface area contributed by atoms with Crippen LogP contribution in [-0.2, 0) is 17.9 Å². The zero-order chi connectivity index (χ0) is 30.6. The number of hydrogen-bond donors (Lipinski definition) is 1. The minimum absolute atomic E-state index is 0.139. The van der Waals surface area contributed by atoms with Gasteiger partial charge in [-0.15, -0.1) is 21.9 Å². The van der Waals surface area contributed by atoms with Crippen LogP contribution < -0.4 is 25.0 Å². The first-order chi connectivity index (χ1) is 20.1. The molecule has 0 unspecified atom stereocenters. The molecule has 0 fully saturated rings. The maximum atomic E-state index is 15.2. The van der Waals surface area contributed by atoms with Gasteiger partial charge in [-0.2, -0.15) is 0 Å². The number of carbonyl (C=O) groups excluding carboxylic acids is 1. The average molecular weight is 599 g/mol. The smallest absolute Gasteiger partial charge is 0.294 e. The molecule has 3 aromatic rings. The lowest BCUT2D eigenvalue weighted by Gasteiger charge is -2.21. The first kappa shape index (κ1) is 30.6. The highest BCUT2D eigenvalue weighted by Crippen LogP contribution is 2.50. The second kappa shape index (κ2) is 13.1. The van der Waals surface area contributed by atoms with Crippen LogP contribution in [0.5, 0.6) is 17.2 Å². The highest BCUT2D eigenvalue weighted by atomic mass is 32.2. The topological polar surface area (TPSA) is 126 Å². The number of carbonyl (C=O) groups is 1. The molecule has 1 aliphatic carbocycles. The third-order valence-corrected chi connectivity index (χ3v) is 7.59. The summed E-state index contributed by atoms with van der Waals surface area (Å²) in [7, 11) is 3.04. The molecule has 4 rings (SSSR count). The van der Waals surface area contributed by atoms with E-state index in [2.05, 4.69) is 10.2 Å². The molecular weight excluding hydrogens is 567 g/mol. The van der Waals surface area contributed by atoms with E-state index < -0.39 is 29.5 Å². The van der Waals surface area contributed by atoms with Crippen LogP contribution in [0.2, 0.25) is 0 Å². The summed E-state index contributed by atoms with van der Waals surface area (Å²) in [6.45, 7) is 3.16. The summed E-state index contributed by atoms with van der Waals surface area (Å²) >= 11 is 1.30. The standard InChI is InChI=1S/C30H31FN2O8S/c1-16(2)41-24-13-17-9-11-22(32-30(35)20-8-6-7-18(27(20)31)15-40-33(36)37)21-14-23(34)25(42-5)12-10-19(21)26(17)29(39-4)28(24)38-3/h6-8,10,12-14,16,22H,9,11,15H2,1-5H3,(H,32,35)/t22-/m0/s1. The van der Waals surface area contributed by atoms with Crippen molar-refractivity contribution >= 4 is 17.7 Å². The Kier molecular flexibility index (Phi) is 9.56. The van der Waals surface area contributed by atoms with E-state index in [-0.39, 0.29) is 22.7 Å². The van der Waals surface area contributed by atoms with Crippen molar-refractivity contribution in [1.82, 2.24) is 5.32 Å². The van der Waals surface area contributed by atoms with Gasteiger partial charge >= 0.3 is 0 Å². The number of nitrogens with zero attached hydrogens (tertiary/aromatic N) is 1. The molecule has 0 aromatic heterocycles. The number of aryl methyl sites for hydroxylation is 1. The van der Waals surface area contributed by atoms with Gasteiger partial charge in [-0.3, -0.25) is 9.59 Å². The molecule has 12 heteroatoms. The number of fused-ring (bicyclic) bond motifs is 3. The summed E-state index contributed by atoms with van der Waals surface area (Å²) in [5.74, 6) is -0.350. The van der Waals surface area contributed by atoms with Crippen LogP contribution in [-0.4, -0.2) is 37.6 Å². The average Bonchev–Trinajstić information content (AvgIpc) is 3.19. The van der Waals surface area contributed by atoms with Crippen molar-refractivity contribution in [3.05, 3.63) is 90.9 Å². The Bertz CT molecular complexity index is 1580. The van der Waals surface area contributed by atoms with Crippen molar-refractivity contribution in [1.29, 1.82) is 0 Å². The predicted octanol–water partition coefficient (Wildman–Crippen LogP) is 5.50. The van der Waals surface area contributed by atoms with Gasteiger partial charge in [-0.05, 0) is 73.9 Å². The maximum absolute atomic E-state index is 15.2. The molecule has 42 heavy (non-hydrogen) atoms. The second-order valence-corrected chi connectivity index (χ2v) is 10.6. The molecule has 1 atom stereocenters. The summed E-state index contributed by atoms with van der Waals surface area (Å²) in [6.07, 6.45) is 2.48. The number of nitrogens with one attached hydrogen (secondary N) is 1. The minimum Gasteiger partial charge on any atom is -0.492 e. The normalized spacial score (nSPS) is 13.8. The van der Waals surface area contributed by atoms with Gasteiger partial charge in [0.15, 0.2) is 16.9 Å². The number of ether oxygens (including phenoxy) is 3. The SMILES string of the molecule is COc1c(OC(C)C)cc2c(c1OC)-c1ccc(SC)c(=O)cc1[C@@H](NC(=O)c1cccc(CO[N+](=O)[O-])c1F)CC2. The first-order valence-corrected chi connectivity index (χ1v) is 14.3. The van der Waals surface area contributed by atoms with Crippen LogP contribution in [0, 0.1) is 15.9 Å². The van der Waals surface area contributed by atoms with Crippen LogP contribution in [0.3, 0.4) is 0 Å². The van der Waals surface area contributed by atoms with Crippen LogP contribution >= 0.6 is 11.8 Å². The molecule has 10 nitrogen and oxygen atoms in total. The molecule has 0 saturated heterocycles. The number of hydrogen-bond acceptors (Lipinski definition) is 9. The third kappa shape index (κ3) is 6.28. The summed E-state index contributed by atoms with van der Waals surface area (Å²) < 4.78 is 32.8. The molecule has 3 aromatic carbocycles. The van der Waals surface area contributed by atoms with E-state index in [9.17, 15) is 19.7 Å². The fourth-order valence-electron chi connectivity index (χ4n) is 5.03. The van der Waals surface area contributed by atoms with Crippen molar-refractivity contribution < 1.29 is 33.3 Å². The number of thioether (sulfide) groups is 1. The van der Waals surface area contributed by atoms with Crippen molar-refractivity contribution in [2.75, 3.05) is 20.5 Å². The lowest BCUT2D eigenvalue weighted by Crippen LogP contribution is -2.30. The van der Waals surface area contributed by atoms with Crippen molar-refractivity contribution in [2.24, 2.45) is 0 Å². The molecule has 222 valence electrons. The Morgan fingerprint density at radius 2 is 1.90 bits per heavy atom. The number of methoxy groups -OCH3 is 2. The Morgan fingerprint density at radius 1 is 1.17 bits per heavy atom. The Balaban J connectivity index is 1.86. The summed E-state index contributed by atoms with van der Waals surface area (Å²) in [5.41, 5.74) is 2.05. The highest BCUT2D eigenvalue weighted by Gasteiger charge is 2.31. The molecule has 0 heterocycles. The highest BCUT2D eigenvalue weighted by molar-refractivity contribution is 7.98. The summed E-state index contributed by atoms with van der Waals surface area (Å²) in [4.78, 5) is 42.0. The largest absolute Gasteiger partial charge is 0.492 e. The number of benzene rings is 2. The zero-order valence-corrected chi connectivity index (χ0v) is 24.6. The van der Waals surface area contributed by atoms with E-state index in [1.54, 1.807) is 12.3 Å². The van der Waals surface area contributed by atoms with Gasteiger partial charge in [0, 0.05) is 11.1 Å². The first-order valence-electron chi connectivity index (χ1n) is 13.1. The molecule has 0 aliphatic heterocycles. The minimum atomic E-state index is -1.03. The van der Waals surface area contributed by atoms with E-state index in [4.69, 9.17) is 14.2 Å². The fraction of sp³-hybridized carbons (Fsp3) is 0.333. The maximum Gasteiger partial charge on any atom is 0.294 e. The molecular formula is C30H31FN2O8S. The quantitative estimate of drug-likeness (QED) is 0.183. The van der Waals surface area contributed by atoms with Crippen LogP contribution in [0.4, 0.5) is 4.39 Å². The van der Waals surface area contributed by atoms with Gasteiger partial charge in [0.25, 0.3) is 11.0 Å². The van der Waals surface area contributed by atoms with Crippen molar-refractivity contribution in [3.8, 4) is 28.4 Å². The monoisotopic (exact) mass is 598 g/mol.